The first-order valence-electron chi connectivity index (χ1n) is 12.9. The fourth-order valence-corrected chi connectivity index (χ4v) is 5.06. The Kier molecular flexibility index (Phi) is 8.70. The largest absolute Gasteiger partial charge is 0.481 e. The van der Waals surface area contributed by atoms with E-state index in [2.05, 4.69) is 17.0 Å². The molecule has 8 heteroatoms. The molecule has 1 unspecified atom stereocenters. The third-order valence-corrected chi connectivity index (χ3v) is 6.81. The molecule has 2 saturated heterocycles. The number of carbonyl (C=O) groups excluding carboxylic acids is 2. The summed E-state index contributed by atoms with van der Waals surface area (Å²) in [5, 5.41) is 9.47. The number of amides is 1. The van der Waals surface area contributed by atoms with Gasteiger partial charge < -0.3 is 19.5 Å². The highest BCUT2D eigenvalue weighted by molar-refractivity contribution is 5.77. The second-order valence-corrected chi connectivity index (χ2v) is 12.1. The van der Waals surface area contributed by atoms with Gasteiger partial charge in [-0.05, 0) is 91.3 Å². The van der Waals surface area contributed by atoms with Crippen LogP contribution >= 0.6 is 0 Å². The minimum atomic E-state index is -0.781. The maximum Gasteiger partial charge on any atom is 0.410 e. The molecule has 1 aromatic carbocycles. The van der Waals surface area contributed by atoms with E-state index in [9.17, 15) is 19.5 Å². The first-order valence-corrected chi connectivity index (χ1v) is 12.9. The van der Waals surface area contributed by atoms with Crippen molar-refractivity contribution >= 4 is 18.0 Å². The number of ether oxygens (including phenoxy) is 2. The van der Waals surface area contributed by atoms with E-state index in [0.29, 0.717) is 45.4 Å². The van der Waals surface area contributed by atoms with Gasteiger partial charge in [-0.1, -0.05) is 30.3 Å². The maximum absolute atomic E-state index is 13.7. The molecule has 3 rings (SSSR count). The number of piperidine rings is 1. The van der Waals surface area contributed by atoms with Gasteiger partial charge in [-0.25, -0.2) is 4.79 Å². The molecule has 8 nitrogen and oxygen atoms in total. The van der Waals surface area contributed by atoms with E-state index in [-0.39, 0.29) is 29.8 Å². The van der Waals surface area contributed by atoms with Crippen molar-refractivity contribution in [3.8, 4) is 0 Å². The molecule has 0 radical (unpaired) electrons. The van der Waals surface area contributed by atoms with E-state index in [0.717, 1.165) is 5.56 Å². The lowest BCUT2D eigenvalue weighted by molar-refractivity contribution is -0.167. The molecule has 0 aromatic heterocycles. The SMILES string of the molecule is CC(C)(C)OC(=O)C([C@H](Cc1ccccc1)C1CN(C(=O)OC(C)(C)C)C1)N1CCC(C(=O)O)CC1. The number of nitrogens with zero attached hydrogens (tertiary/aromatic N) is 2. The molecule has 2 aliphatic heterocycles. The van der Waals surface area contributed by atoms with Crippen LogP contribution in [0.15, 0.2) is 30.3 Å². The molecule has 0 bridgehead atoms. The van der Waals surface area contributed by atoms with Crippen LogP contribution in [0.5, 0.6) is 0 Å². The monoisotopic (exact) mass is 502 g/mol. The molecular formula is C28H42N2O6. The fourth-order valence-electron chi connectivity index (χ4n) is 5.06. The number of hydrogen-bond donors (Lipinski definition) is 1. The van der Waals surface area contributed by atoms with Crippen LogP contribution in [0.4, 0.5) is 4.79 Å². The van der Waals surface area contributed by atoms with Crippen molar-refractivity contribution in [2.24, 2.45) is 17.8 Å². The number of carboxylic acid groups (broad SMARTS) is 1. The van der Waals surface area contributed by atoms with Gasteiger partial charge in [-0.15, -0.1) is 0 Å². The number of aliphatic carboxylic acids is 1. The third-order valence-electron chi connectivity index (χ3n) is 6.81. The Morgan fingerprint density at radius 2 is 1.50 bits per heavy atom. The van der Waals surface area contributed by atoms with E-state index in [4.69, 9.17) is 9.47 Å². The Bertz CT molecular complexity index is 906. The molecule has 2 heterocycles. The smallest absolute Gasteiger partial charge is 0.410 e. The minimum Gasteiger partial charge on any atom is -0.481 e. The van der Waals surface area contributed by atoms with Crippen LogP contribution in [0, 0.1) is 17.8 Å². The topological polar surface area (TPSA) is 96.4 Å². The highest BCUT2D eigenvalue weighted by Crippen LogP contribution is 2.35. The standard InChI is InChI=1S/C28H42N2O6/c1-27(2,3)35-25(33)23(29-14-12-20(13-15-29)24(31)32)22(16-19-10-8-7-9-11-19)21-17-30(18-21)26(34)36-28(4,5)6/h7-11,20-23H,12-18H2,1-6H3,(H,31,32)/t22-,23?/m1/s1. The summed E-state index contributed by atoms with van der Waals surface area (Å²) in [4.78, 5) is 41.6. The molecule has 0 saturated carbocycles. The third kappa shape index (κ3) is 7.69. The second kappa shape index (κ2) is 11.2. The Morgan fingerprint density at radius 3 is 2.00 bits per heavy atom. The number of likely N-dealkylation sites (tertiary alicyclic amines) is 2. The summed E-state index contributed by atoms with van der Waals surface area (Å²) in [6.07, 6.45) is 1.33. The summed E-state index contributed by atoms with van der Waals surface area (Å²) < 4.78 is 11.4. The van der Waals surface area contributed by atoms with E-state index in [1.54, 1.807) is 4.90 Å². The van der Waals surface area contributed by atoms with Crippen LogP contribution in [0.2, 0.25) is 0 Å². The van der Waals surface area contributed by atoms with Gasteiger partial charge in [-0.3, -0.25) is 14.5 Å². The van der Waals surface area contributed by atoms with Gasteiger partial charge >= 0.3 is 18.0 Å². The van der Waals surface area contributed by atoms with Gasteiger partial charge in [0.05, 0.1) is 5.92 Å². The van der Waals surface area contributed by atoms with Crippen LogP contribution in [0.1, 0.15) is 59.9 Å². The minimum absolute atomic E-state index is 0.0902. The molecule has 0 spiro atoms. The van der Waals surface area contributed by atoms with Crippen molar-refractivity contribution in [2.75, 3.05) is 26.2 Å². The number of esters is 1. The molecule has 0 aliphatic carbocycles. The quantitative estimate of drug-likeness (QED) is 0.558. The van der Waals surface area contributed by atoms with Crippen molar-refractivity contribution in [3.63, 3.8) is 0 Å². The highest BCUT2D eigenvalue weighted by atomic mass is 16.6. The van der Waals surface area contributed by atoms with Crippen LogP contribution in [-0.2, 0) is 25.5 Å². The summed E-state index contributed by atoms with van der Waals surface area (Å²) in [5.74, 6) is -1.46. The zero-order chi connectivity index (χ0) is 26.7. The maximum atomic E-state index is 13.7. The molecular weight excluding hydrogens is 460 g/mol. The van der Waals surface area contributed by atoms with E-state index < -0.39 is 23.2 Å². The van der Waals surface area contributed by atoms with Crippen molar-refractivity contribution in [3.05, 3.63) is 35.9 Å². The van der Waals surface area contributed by atoms with Crippen molar-refractivity contribution in [1.29, 1.82) is 0 Å². The Balaban J connectivity index is 1.86. The predicted octanol–water partition coefficient (Wildman–Crippen LogP) is 4.22. The zero-order valence-corrected chi connectivity index (χ0v) is 22.5. The lowest BCUT2D eigenvalue weighted by atomic mass is 9.76. The number of carbonyl (C=O) groups is 3. The van der Waals surface area contributed by atoms with Gasteiger partial charge in [0.25, 0.3) is 0 Å². The first-order chi connectivity index (χ1) is 16.7. The van der Waals surface area contributed by atoms with Gasteiger partial charge in [0.2, 0.25) is 0 Å². The second-order valence-electron chi connectivity index (χ2n) is 12.1. The molecule has 1 N–H and O–H groups in total. The van der Waals surface area contributed by atoms with Crippen molar-refractivity contribution < 1.29 is 29.0 Å². The number of hydrogen-bond acceptors (Lipinski definition) is 6. The van der Waals surface area contributed by atoms with E-state index in [1.807, 2.05) is 59.7 Å². The van der Waals surface area contributed by atoms with Crippen LogP contribution in [-0.4, -0.2) is 76.4 Å². The predicted molar refractivity (Wildman–Crippen MR) is 136 cm³/mol. The first kappa shape index (κ1) is 28.0. The summed E-state index contributed by atoms with van der Waals surface area (Å²) in [7, 11) is 0. The molecule has 36 heavy (non-hydrogen) atoms. The average molecular weight is 503 g/mol. The Hall–Kier alpha value is -2.61. The zero-order valence-electron chi connectivity index (χ0n) is 22.5. The van der Waals surface area contributed by atoms with Crippen LogP contribution < -0.4 is 0 Å². The number of rotatable bonds is 7. The van der Waals surface area contributed by atoms with Gasteiger partial charge in [0, 0.05) is 13.1 Å². The molecule has 2 atom stereocenters. The van der Waals surface area contributed by atoms with Crippen molar-refractivity contribution in [1.82, 2.24) is 9.80 Å². The van der Waals surface area contributed by atoms with Crippen molar-refractivity contribution in [2.45, 2.75) is 78.0 Å². The highest BCUT2D eigenvalue weighted by Gasteiger charge is 2.47. The molecule has 1 amide bonds. The van der Waals surface area contributed by atoms with Gasteiger partial charge in [0.1, 0.15) is 17.2 Å². The summed E-state index contributed by atoms with van der Waals surface area (Å²) in [5.41, 5.74) is -0.0972. The number of benzene rings is 1. The van der Waals surface area contributed by atoms with E-state index in [1.165, 1.54) is 0 Å². The molecule has 2 aliphatic rings. The average Bonchev–Trinajstić information content (AvgIpc) is 2.71. The Labute approximate surface area is 214 Å². The van der Waals surface area contributed by atoms with Gasteiger partial charge in [-0.2, -0.15) is 0 Å². The Morgan fingerprint density at radius 1 is 0.944 bits per heavy atom. The lowest BCUT2D eigenvalue weighted by Crippen LogP contribution is -2.61. The molecule has 1 aromatic rings. The normalized spacial score (nSPS) is 19.8. The van der Waals surface area contributed by atoms with Gasteiger partial charge in [0.15, 0.2) is 0 Å². The number of carboxylic acids is 1. The van der Waals surface area contributed by atoms with E-state index >= 15 is 0 Å². The summed E-state index contributed by atoms with van der Waals surface area (Å²) in [6, 6.07) is 9.53. The van der Waals surface area contributed by atoms with Crippen LogP contribution in [0.3, 0.4) is 0 Å². The summed E-state index contributed by atoms with van der Waals surface area (Å²) >= 11 is 0. The summed E-state index contributed by atoms with van der Waals surface area (Å²) in [6.45, 7) is 13.2. The lowest BCUT2D eigenvalue weighted by Gasteiger charge is -2.48. The molecule has 200 valence electrons. The fraction of sp³-hybridized carbons (Fsp3) is 0.679. The molecule has 2 fully saturated rings. The van der Waals surface area contributed by atoms with Crippen LogP contribution in [0.25, 0.3) is 0 Å².